The van der Waals surface area contributed by atoms with Crippen molar-refractivity contribution in [3.05, 3.63) is 23.4 Å². The number of rotatable bonds is 1. The molecule has 14 heavy (non-hydrogen) atoms. The van der Waals surface area contributed by atoms with Crippen LogP contribution in [-0.2, 0) is 0 Å². The molecule has 0 bridgehead atoms. The third kappa shape index (κ3) is 1.71. The maximum absolute atomic E-state index is 8.79. The molecule has 0 unspecified atom stereocenters. The zero-order valence-corrected chi connectivity index (χ0v) is 8.77. The summed E-state index contributed by atoms with van der Waals surface area (Å²) >= 11 is 4.21. The van der Waals surface area contributed by atoms with E-state index in [1.54, 1.807) is 0 Å². The number of aromatic nitrogens is 1. The number of thiol groups is 1. The van der Waals surface area contributed by atoms with Gasteiger partial charge in [0.05, 0.1) is 10.6 Å². The fourth-order valence-electron chi connectivity index (χ4n) is 1.78. The van der Waals surface area contributed by atoms with Gasteiger partial charge >= 0.3 is 0 Å². The van der Waals surface area contributed by atoms with Crippen molar-refractivity contribution in [1.29, 1.82) is 5.26 Å². The SMILES string of the molecule is N#Cc1cc(C2=CCCCC2)[nH]c1S. The molecule has 1 aromatic heterocycles. The van der Waals surface area contributed by atoms with Crippen molar-refractivity contribution in [2.45, 2.75) is 30.7 Å². The summed E-state index contributed by atoms with van der Waals surface area (Å²) in [5, 5.41) is 9.47. The molecule has 2 nitrogen and oxygen atoms in total. The number of nitrogens with one attached hydrogen (secondary N) is 1. The molecule has 1 aliphatic carbocycles. The summed E-state index contributed by atoms with van der Waals surface area (Å²) in [5.41, 5.74) is 3.02. The average Bonchev–Trinajstić information content (AvgIpc) is 2.61. The molecule has 0 spiro atoms. The Balaban J connectivity index is 2.33. The summed E-state index contributed by atoms with van der Waals surface area (Å²) in [6.07, 6.45) is 7.04. The smallest absolute Gasteiger partial charge is 0.102 e. The fourth-order valence-corrected chi connectivity index (χ4v) is 2.02. The highest BCUT2D eigenvalue weighted by molar-refractivity contribution is 7.80. The molecule has 1 aromatic rings. The molecular formula is C11H12N2S. The van der Waals surface area contributed by atoms with Crippen molar-refractivity contribution in [3.8, 4) is 6.07 Å². The molecule has 0 atom stereocenters. The Morgan fingerprint density at radius 3 is 2.86 bits per heavy atom. The normalized spacial score (nSPS) is 16.1. The van der Waals surface area contributed by atoms with Crippen LogP contribution in [0.4, 0.5) is 0 Å². The summed E-state index contributed by atoms with van der Waals surface area (Å²) in [4.78, 5) is 3.14. The Morgan fingerprint density at radius 2 is 2.29 bits per heavy atom. The Morgan fingerprint density at radius 1 is 1.43 bits per heavy atom. The highest BCUT2D eigenvalue weighted by Crippen LogP contribution is 2.28. The van der Waals surface area contributed by atoms with Gasteiger partial charge in [-0.25, -0.2) is 0 Å². The van der Waals surface area contributed by atoms with E-state index in [9.17, 15) is 0 Å². The van der Waals surface area contributed by atoms with Crippen molar-refractivity contribution in [3.63, 3.8) is 0 Å². The summed E-state index contributed by atoms with van der Waals surface area (Å²) < 4.78 is 0. The van der Waals surface area contributed by atoms with E-state index in [1.807, 2.05) is 6.07 Å². The van der Waals surface area contributed by atoms with Gasteiger partial charge in [-0.2, -0.15) is 5.26 Å². The first-order chi connectivity index (χ1) is 6.81. The first kappa shape index (κ1) is 9.42. The maximum atomic E-state index is 8.79. The minimum Gasteiger partial charge on any atom is -0.349 e. The van der Waals surface area contributed by atoms with Gasteiger partial charge in [-0.1, -0.05) is 6.08 Å². The van der Waals surface area contributed by atoms with E-state index in [2.05, 4.69) is 29.8 Å². The molecule has 0 aromatic carbocycles. The molecule has 0 aliphatic heterocycles. The fraction of sp³-hybridized carbons (Fsp3) is 0.364. The van der Waals surface area contributed by atoms with E-state index < -0.39 is 0 Å². The van der Waals surface area contributed by atoms with Crippen LogP contribution < -0.4 is 0 Å². The third-order valence-corrected chi connectivity index (χ3v) is 2.91. The molecule has 1 heterocycles. The predicted octanol–water partition coefficient (Wildman–Crippen LogP) is 3.13. The molecule has 0 radical (unpaired) electrons. The Kier molecular flexibility index (Phi) is 2.64. The molecule has 0 fully saturated rings. The summed E-state index contributed by atoms with van der Waals surface area (Å²) in [6.45, 7) is 0. The lowest BCUT2D eigenvalue weighted by Crippen LogP contribution is -1.91. The second-order valence-electron chi connectivity index (χ2n) is 3.53. The maximum Gasteiger partial charge on any atom is 0.102 e. The van der Waals surface area contributed by atoms with Gasteiger partial charge < -0.3 is 4.98 Å². The van der Waals surface area contributed by atoms with Crippen LogP contribution in [0.15, 0.2) is 17.2 Å². The van der Waals surface area contributed by atoms with Crippen LogP contribution in [0.25, 0.3) is 5.57 Å². The second-order valence-corrected chi connectivity index (χ2v) is 3.98. The molecule has 0 amide bonds. The number of hydrogen-bond donors (Lipinski definition) is 2. The first-order valence-corrected chi connectivity index (χ1v) is 5.27. The molecule has 2 rings (SSSR count). The monoisotopic (exact) mass is 204 g/mol. The molecule has 0 saturated heterocycles. The summed E-state index contributed by atoms with van der Waals surface area (Å²) in [7, 11) is 0. The van der Waals surface area contributed by atoms with Gasteiger partial charge in [-0.05, 0) is 37.3 Å². The van der Waals surface area contributed by atoms with Gasteiger partial charge in [0.2, 0.25) is 0 Å². The summed E-state index contributed by atoms with van der Waals surface area (Å²) in [6, 6.07) is 4.01. The number of hydrogen-bond acceptors (Lipinski definition) is 2. The van der Waals surface area contributed by atoms with Crippen LogP contribution in [0, 0.1) is 11.3 Å². The van der Waals surface area contributed by atoms with E-state index in [0.29, 0.717) is 10.6 Å². The number of H-pyrrole nitrogens is 1. The second kappa shape index (κ2) is 3.93. The number of aromatic amines is 1. The van der Waals surface area contributed by atoms with Gasteiger partial charge in [-0.3, -0.25) is 0 Å². The molecular weight excluding hydrogens is 192 g/mol. The number of nitriles is 1. The highest BCUT2D eigenvalue weighted by atomic mass is 32.1. The van der Waals surface area contributed by atoms with Crippen LogP contribution in [0.1, 0.15) is 36.9 Å². The van der Waals surface area contributed by atoms with E-state index in [4.69, 9.17) is 5.26 Å². The number of nitrogens with zero attached hydrogens (tertiary/aromatic N) is 1. The van der Waals surface area contributed by atoms with Crippen molar-refractivity contribution < 1.29 is 0 Å². The van der Waals surface area contributed by atoms with Crippen molar-refractivity contribution in [1.82, 2.24) is 4.98 Å². The molecule has 1 N–H and O–H groups in total. The Bertz CT molecular complexity index is 409. The minimum atomic E-state index is 0.634. The zero-order valence-electron chi connectivity index (χ0n) is 7.88. The van der Waals surface area contributed by atoms with Crippen molar-refractivity contribution in [2.75, 3.05) is 0 Å². The predicted molar refractivity (Wildman–Crippen MR) is 59.2 cm³/mol. The van der Waals surface area contributed by atoms with Crippen molar-refractivity contribution >= 4 is 18.2 Å². The topological polar surface area (TPSA) is 39.6 Å². The molecule has 3 heteroatoms. The van der Waals surface area contributed by atoms with Crippen LogP contribution in [-0.4, -0.2) is 4.98 Å². The highest BCUT2D eigenvalue weighted by Gasteiger charge is 2.10. The lowest BCUT2D eigenvalue weighted by Gasteiger charge is -2.10. The molecule has 72 valence electrons. The van der Waals surface area contributed by atoms with Gasteiger partial charge in [0.25, 0.3) is 0 Å². The van der Waals surface area contributed by atoms with Gasteiger partial charge in [0.15, 0.2) is 0 Å². The van der Waals surface area contributed by atoms with E-state index >= 15 is 0 Å². The number of allylic oxidation sites excluding steroid dienone is 2. The Labute approximate surface area is 89.0 Å². The van der Waals surface area contributed by atoms with E-state index in [0.717, 1.165) is 18.5 Å². The van der Waals surface area contributed by atoms with Crippen LogP contribution >= 0.6 is 12.6 Å². The third-order valence-electron chi connectivity index (χ3n) is 2.55. The van der Waals surface area contributed by atoms with Gasteiger partial charge in [0, 0.05) is 5.69 Å². The van der Waals surface area contributed by atoms with Crippen molar-refractivity contribution in [2.24, 2.45) is 0 Å². The Hall–Kier alpha value is -1.14. The van der Waals surface area contributed by atoms with E-state index in [1.165, 1.54) is 18.4 Å². The zero-order chi connectivity index (χ0) is 9.97. The minimum absolute atomic E-state index is 0.634. The quantitative estimate of drug-likeness (QED) is 0.678. The standard InChI is InChI=1S/C11H12N2S/c12-7-9-6-10(13-11(9)14)8-4-2-1-3-5-8/h4,6,13-14H,1-3,5H2. The average molecular weight is 204 g/mol. The largest absolute Gasteiger partial charge is 0.349 e. The van der Waals surface area contributed by atoms with Crippen LogP contribution in [0.2, 0.25) is 0 Å². The lowest BCUT2D eigenvalue weighted by molar-refractivity contribution is 0.740. The summed E-state index contributed by atoms with van der Waals surface area (Å²) in [5.74, 6) is 0. The van der Waals surface area contributed by atoms with Crippen LogP contribution in [0.3, 0.4) is 0 Å². The van der Waals surface area contributed by atoms with E-state index in [-0.39, 0.29) is 0 Å². The van der Waals surface area contributed by atoms with Gasteiger partial charge in [-0.15, -0.1) is 12.6 Å². The molecule has 0 saturated carbocycles. The lowest BCUT2D eigenvalue weighted by atomic mass is 9.97. The first-order valence-electron chi connectivity index (χ1n) is 4.83. The van der Waals surface area contributed by atoms with Gasteiger partial charge in [0.1, 0.15) is 6.07 Å². The van der Waals surface area contributed by atoms with Crippen LogP contribution in [0.5, 0.6) is 0 Å². The molecule has 1 aliphatic rings.